The van der Waals surface area contributed by atoms with Crippen molar-refractivity contribution in [1.82, 2.24) is 10.2 Å². The van der Waals surface area contributed by atoms with Crippen molar-refractivity contribution in [2.75, 3.05) is 33.5 Å². The maximum absolute atomic E-state index is 12.5. The second kappa shape index (κ2) is 12.5. The molecular formula is C23H32N2O7S. The fraction of sp³-hybridized carbons (Fsp3) is 0.522. The van der Waals surface area contributed by atoms with Crippen LogP contribution in [0.5, 0.6) is 5.75 Å². The van der Waals surface area contributed by atoms with Crippen LogP contribution in [0.3, 0.4) is 0 Å². The highest BCUT2D eigenvalue weighted by Gasteiger charge is 2.38. The van der Waals surface area contributed by atoms with Crippen LogP contribution in [0.15, 0.2) is 36.9 Å². The van der Waals surface area contributed by atoms with Crippen molar-refractivity contribution >= 4 is 29.1 Å². The van der Waals surface area contributed by atoms with E-state index in [1.807, 2.05) is 20.8 Å². The number of nitrogens with one attached hydrogen (secondary N) is 1. The van der Waals surface area contributed by atoms with Gasteiger partial charge in [0.25, 0.3) is 0 Å². The standard InChI is InChI=1S/C23H32N2O7S/c1-6-10-30-21(27)25-14-19(33-22(28)32-23(2,3)4)12-17(25)13-24-15-31-18-9-7-8-16(11-18)20(26)29-5/h6-9,11,17,19,24H,1,10,12-15H2,2-5H3. The topological polar surface area (TPSA) is 103 Å². The van der Waals surface area contributed by atoms with E-state index in [0.29, 0.717) is 30.8 Å². The maximum Gasteiger partial charge on any atom is 0.410 e. The van der Waals surface area contributed by atoms with Gasteiger partial charge in [-0.15, -0.1) is 0 Å². The Labute approximate surface area is 198 Å². The van der Waals surface area contributed by atoms with Crippen LogP contribution >= 0.6 is 11.8 Å². The Hall–Kier alpha value is -2.72. The summed E-state index contributed by atoms with van der Waals surface area (Å²) in [6, 6.07) is 6.48. The summed E-state index contributed by atoms with van der Waals surface area (Å²) in [4.78, 5) is 37.9. The molecule has 182 valence electrons. The Morgan fingerprint density at radius 2 is 2.06 bits per heavy atom. The number of rotatable bonds is 9. The fourth-order valence-electron chi connectivity index (χ4n) is 3.19. The molecule has 0 bridgehead atoms. The highest BCUT2D eigenvalue weighted by atomic mass is 32.2. The normalized spacial score (nSPS) is 17.9. The van der Waals surface area contributed by atoms with E-state index in [9.17, 15) is 14.4 Å². The van der Waals surface area contributed by atoms with Crippen LogP contribution in [0.25, 0.3) is 0 Å². The first-order valence-corrected chi connectivity index (χ1v) is 11.5. The number of likely N-dealkylation sites (tertiary alicyclic amines) is 1. The molecule has 1 saturated heterocycles. The lowest BCUT2D eigenvalue weighted by atomic mass is 10.2. The average molecular weight is 481 g/mol. The van der Waals surface area contributed by atoms with Crippen molar-refractivity contribution in [3.63, 3.8) is 0 Å². The molecule has 1 fully saturated rings. The molecule has 9 nitrogen and oxygen atoms in total. The SMILES string of the molecule is C=CCOC(=O)N1CC(SC(=O)OC(C)(C)C)CC1CNCOc1cccc(C(=O)OC)c1. The number of methoxy groups -OCH3 is 1. The third-order valence-electron chi connectivity index (χ3n) is 4.56. The minimum Gasteiger partial charge on any atom is -0.478 e. The minimum absolute atomic E-state index is 0.110. The Balaban J connectivity index is 1.91. The number of nitrogens with zero attached hydrogens (tertiary/aromatic N) is 1. The summed E-state index contributed by atoms with van der Waals surface area (Å²) >= 11 is 1.09. The van der Waals surface area contributed by atoms with Crippen LogP contribution in [0.4, 0.5) is 9.59 Å². The number of carbonyl (C=O) groups is 3. The molecule has 1 aliphatic rings. The number of hydrogen-bond acceptors (Lipinski definition) is 9. The third kappa shape index (κ3) is 8.97. The molecule has 1 amide bonds. The van der Waals surface area contributed by atoms with Gasteiger partial charge >= 0.3 is 17.4 Å². The molecule has 1 N–H and O–H groups in total. The molecule has 10 heteroatoms. The number of hydrogen-bond donors (Lipinski definition) is 1. The lowest BCUT2D eigenvalue weighted by Crippen LogP contribution is -2.42. The number of amides is 1. The van der Waals surface area contributed by atoms with Crippen LogP contribution in [0.2, 0.25) is 0 Å². The van der Waals surface area contributed by atoms with Crippen molar-refractivity contribution in [3.8, 4) is 5.75 Å². The largest absolute Gasteiger partial charge is 0.478 e. The molecular weight excluding hydrogens is 448 g/mol. The van der Waals surface area contributed by atoms with Crippen molar-refractivity contribution in [3.05, 3.63) is 42.5 Å². The van der Waals surface area contributed by atoms with Gasteiger partial charge in [0.15, 0.2) is 0 Å². The number of carbonyl (C=O) groups excluding carboxylic acids is 3. The molecule has 2 rings (SSSR count). The van der Waals surface area contributed by atoms with E-state index in [1.165, 1.54) is 13.2 Å². The second-order valence-corrected chi connectivity index (χ2v) is 9.61. The molecule has 2 atom stereocenters. The fourth-order valence-corrected chi connectivity index (χ4v) is 4.31. The molecule has 1 aliphatic heterocycles. The number of ether oxygens (including phenoxy) is 4. The van der Waals surface area contributed by atoms with Crippen molar-refractivity contribution in [1.29, 1.82) is 0 Å². The maximum atomic E-state index is 12.5. The van der Waals surface area contributed by atoms with Crippen molar-refractivity contribution in [2.45, 2.75) is 44.1 Å². The summed E-state index contributed by atoms with van der Waals surface area (Å²) in [5.41, 5.74) is -0.182. The first kappa shape index (κ1) is 26.5. The van der Waals surface area contributed by atoms with E-state index in [2.05, 4.69) is 11.9 Å². The summed E-state index contributed by atoms with van der Waals surface area (Å²) in [5.74, 6) is 0.0685. The van der Waals surface area contributed by atoms with Crippen LogP contribution < -0.4 is 10.1 Å². The van der Waals surface area contributed by atoms with E-state index < -0.39 is 17.7 Å². The molecule has 1 aromatic rings. The van der Waals surface area contributed by atoms with E-state index in [0.717, 1.165) is 11.8 Å². The van der Waals surface area contributed by atoms with Crippen molar-refractivity contribution < 1.29 is 33.3 Å². The summed E-state index contributed by atoms with van der Waals surface area (Å²) in [7, 11) is 1.32. The third-order valence-corrected chi connectivity index (χ3v) is 5.51. The summed E-state index contributed by atoms with van der Waals surface area (Å²) < 4.78 is 21.0. The highest BCUT2D eigenvalue weighted by molar-refractivity contribution is 8.13. The quantitative estimate of drug-likeness (QED) is 0.186. The number of thioether (sulfide) groups is 1. The number of benzene rings is 1. The van der Waals surface area contributed by atoms with Gasteiger partial charge in [0.2, 0.25) is 0 Å². The summed E-state index contributed by atoms with van der Waals surface area (Å²) in [6.07, 6.45) is 1.64. The first-order valence-electron chi connectivity index (χ1n) is 10.6. The smallest absolute Gasteiger partial charge is 0.410 e. The van der Waals surface area contributed by atoms with Crippen LogP contribution in [0.1, 0.15) is 37.6 Å². The van der Waals surface area contributed by atoms with Gasteiger partial charge in [-0.1, -0.05) is 18.7 Å². The lowest BCUT2D eigenvalue weighted by Gasteiger charge is -2.24. The zero-order valence-corrected chi connectivity index (χ0v) is 20.3. The summed E-state index contributed by atoms with van der Waals surface area (Å²) in [6.45, 7) is 10.1. The Morgan fingerprint density at radius 1 is 1.30 bits per heavy atom. The van der Waals surface area contributed by atoms with Gasteiger partial charge in [-0.3, -0.25) is 5.32 Å². The average Bonchev–Trinajstić information content (AvgIpc) is 3.15. The molecule has 1 heterocycles. The van der Waals surface area contributed by atoms with Gasteiger partial charge in [0.05, 0.1) is 12.7 Å². The first-order chi connectivity index (χ1) is 15.6. The molecule has 33 heavy (non-hydrogen) atoms. The van der Waals surface area contributed by atoms with Gasteiger partial charge in [0, 0.05) is 24.4 Å². The van der Waals surface area contributed by atoms with Gasteiger partial charge in [0.1, 0.15) is 24.7 Å². The van der Waals surface area contributed by atoms with Gasteiger partial charge in [-0.2, -0.15) is 0 Å². The van der Waals surface area contributed by atoms with Crippen LogP contribution in [0, 0.1) is 0 Å². The van der Waals surface area contributed by atoms with E-state index in [1.54, 1.807) is 29.2 Å². The zero-order chi connectivity index (χ0) is 24.4. The Bertz CT molecular complexity index is 840. The molecule has 0 aromatic heterocycles. The molecule has 0 spiro atoms. The van der Waals surface area contributed by atoms with Gasteiger partial charge in [-0.05, 0) is 57.2 Å². The van der Waals surface area contributed by atoms with E-state index in [4.69, 9.17) is 18.9 Å². The monoisotopic (exact) mass is 480 g/mol. The minimum atomic E-state index is -0.575. The van der Waals surface area contributed by atoms with Crippen molar-refractivity contribution in [2.24, 2.45) is 0 Å². The lowest BCUT2D eigenvalue weighted by molar-refractivity contribution is 0.0599. The van der Waals surface area contributed by atoms with E-state index >= 15 is 0 Å². The molecule has 0 saturated carbocycles. The Kier molecular flexibility index (Phi) is 10.1. The van der Waals surface area contributed by atoms with Crippen LogP contribution in [-0.4, -0.2) is 72.7 Å². The summed E-state index contributed by atoms with van der Waals surface area (Å²) in [5, 5.41) is 2.68. The highest BCUT2D eigenvalue weighted by Crippen LogP contribution is 2.30. The van der Waals surface area contributed by atoms with E-state index in [-0.39, 0.29) is 29.9 Å². The predicted molar refractivity (Wildman–Crippen MR) is 126 cm³/mol. The molecule has 2 unspecified atom stereocenters. The van der Waals surface area contributed by atoms with Gasteiger partial charge < -0.3 is 23.8 Å². The second-order valence-electron chi connectivity index (χ2n) is 8.37. The Morgan fingerprint density at radius 3 is 2.73 bits per heavy atom. The molecule has 0 aliphatic carbocycles. The zero-order valence-electron chi connectivity index (χ0n) is 19.5. The molecule has 0 radical (unpaired) electrons. The van der Waals surface area contributed by atoms with Crippen LogP contribution in [-0.2, 0) is 14.2 Å². The molecule has 1 aromatic carbocycles. The van der Waals surface area contributed by atoms with Gasteiger partial charge in [-0.25, -0.2) is 14.4 Å². The number of esters is 1. The predicted octanol–water partition coefficient (Wildman–Crippen LogP) is 3.83.